The number of nitrogens with one attached hydrogen (secondary N) is 1. The van der Waals surface area contributed by atoms with Gasteiger partial charge in [-0.05, 0) is 23.8 Å². The first-order valence-electron chi connectivity index (χ1n) is 6.18. The molecule has 0 spiro atoms. The van der Waals surface area contributed by atoms with Crippen LogP contribution in [0.3, 0.4) is 0 Å². The highest BCUT2D eigenvalue weighted by Gasteiger charge is 2.14. The van der Waals surface area contributed by atoms with E-state index in [-0.39, 0.29) is 6.04 Å². The SMILES string of the molecule is C#CCCNC(CN)c1ccc(Cl)c2cccnc12. The summed E-state index contributed by atoms with van der Waals surface area (Å²) in [6.07, 6.45) is 7.69. The van der Waals surface area contributed by atoms with E-state index in [9.17, 15) is 0 Å². The number of nitrogens with zero attached hydrogens (tertiary/aromatic N) is 1. The zero-order valence-electron chi connectivity index (χ0n) is 10.6. The van der Waals surface area contributed by atoms with Crippen molar-refractivity contribution in [2.24, 2.45) is 5.73 Å². The number of terminal acetylenes is 1. The van der Waals surface area contributed by atoms with Crippen LogP contribution in [0.2, 0.25) is 5.02 Å². The second-order valence-electron chi connectivity index (χ2n) is 4.23. The molecule has 1 atom stereocenters. The minimum atomic E-state index is 0.0306. The maximum Gasteiger partial charge on any atom is 0.0765 e. The predicted molar refractivity (Wildman–Crippen MR) is 80.0 cm³/mol. The van der Waals surface area contributed by atoms with Crippen LogP contribution in [0.4, 0.5) is 0 Å². The van der Waals surface area contributed by atoms with Crippen molar-refractivity contribution >= 4 is 22.5 Å². The van der Waals surface area contributed by atoms with E-state index in [1.165, 1.54) is 0 Å². The molecule has 0 fully saturated rings. The van der Waals surface area contributed by atoms with Gasteiger partial charge in [0.05, 0.1) is 5.52 Å². The number of fused-ring (bicyclic) bond motifs is 1. The molecule has 1 heterocycles. The molecule has 4 heteroatoms. The molecule has 2 aromatic rings. The van der Waals surface area contributed by atoms with Crippen molar-refractivity contribution in [2.45, 2.75) is 12.5 Å². The maximum absolute atomic E-state index is 6.19. The van der Waals surface area contributed by atoms with Crippen LogP contribution >= 0.6 is 11.6 Å². The van der Waals surface area contributed by atoms with Crippen LogP contribution in [0.1, 0.15) is 18.0 Å². The van der Waals surface area contributed by atoms with Gasteiger partial charge in [-0.15, -0.1) is 12.3 Å². The van der Waals surface area contributed by atoms with Crippen LogP contribution in [0, 0.1) is 12.3 Å². The fourth-order valence-corrected chi connectivity index (χ4v) is 2.30. The Hall–Kier alpha value is -1.60. The largest absolute Gasteiger partial charge is 0.329 e. The Morgan fingerprint density at radius 3 is 3.00 bits per heavy atom. The molecule has 0 aliphatic heterocycles. The van der Waals surface area contributed by atoms with E-state index >= 15 is 0 Å². The van der Waals surface area contributed by atoms with Crippen LogP contribution in [0.5, 0.6) is 0 Å². The number of benzene rings is 1. The van der Waals surface area contributed by atoms with Gasteiger partial charge in [0.1, 0.15) is 0 Å². The van der Waals surface area contributed by atoms with Gasteiger partial charge < -0.3 is 11.1 Å². The second kappa shape index (κ2) is 6.53. The quantitative estimate of drug-likeness (QED) is 0.650. The Labute approximate surface area is 118 Å². The summed E-state index contributed by atoms with van der Waals surface area (Å²) in [5.41, 5.74) is 7.78. The Morgan fingerprint density at radius 2 is 2.26 bits per heavy atom. The average Bonchev–Trinajstić information content (AvgIpc) is 2.45. The minimum Gasteiger partial charge on any atom is -0.329 e. The highest BCUT2D eigenvalue weighted by atomic mass is 35.5. The molecule has 0 amide bonds. The number of hydrogen-bond donors (Lipinski definition) is 2. The molecule has 0 radical (unpaired) electrons. The molecular formula is C15H16ClN3. The molecule has 19 heavy (non-hydrogen) atoms. The standard InChI is InChI=1S/C15H16ClN3/c1-2-3-8-18-14(10-17)12-6-7-13(16)11-5-4-9-19-15(11)12/h1,4-7,9,14,18H,3,8,10,17H2. The molecule has 1 aromatic carbocycles. The number of hydrogen-bond acceptors (Lipinski definition) is 3. The van der Waals surface area contributed by atoms with E-state index < -0.39 is 0 Å². The fourth-order valence-electron chi connectivity index (χ4n) is 2.08. The summed E-state index contributed by atoms with van der Waals surface area (Å²) >= 11 is 6.19. The lowest BCUT2D eigenvalue weighted by Gasteiger charge is -2.18. The topological polar surface area (TPSA) is 50.9 Å². The molecular weight excluding hydrogens is 258 g/mol. The lowest BCUT2D eigenvalue weighted by atomic mass is 10.0. The Morgan fingerprint density at radius 1 is 1.42 bits per heavy atom. The normalized spacial score (nSPS) is 12.3. The molecule has 2 rings (SSSR count). The van der Waals surface area contributed by atoms with Gasteiger partial charge in [0.15, 0.2) is 0 Å². The van der Waals surface area contributed by atoms with Gasteiger partial charge in [-0.2, -0.15) is 0 Å². The van der Waals surface area contributed by atoms with Crippen molar-refractivity contribution < 1.29 is 0 Å². The van der Waals surface area contributed by atoms with Gasteiger partial charge in [0.2, 0.25) is 0 Å². The van der Waals surface area contributed by atoms with Crippen LogP contribution in [-0.4, -0.2) is 18.1 Å². The summed E-state index contributed by atoms with van der Waals surface area (Å²) in [6, 6.07) is 7.72. The van der Waals surface area contributed by atoms with Crippen LogP contribution < -0.4 is 11.1 Å². The van der Waals surface area contributed by atoms with E-state index in [0.717, 1.165) is 23.0 Å². The molecule has 0 saturated heterocycles. The molecule has 3 nitrogen and oxygen atoms in total. The highest BCUT2D eigenvalue weighted by molar-refractivity contribution is 6.35. The zero-order valence-corrected chi connectivity index (χ0v) is 11.3. The predicted octanol–water partition coefficient (Wildman–Crippen LogP) is 2.50. The summed E-state index contributed by atoms with van der Waals surface area (Å²) in [5.74, 6) is 2.60. The van der Waals surface area contributed by atoms with Crippen LogP contribution in [-0.2, 0) is 0 Å². The lowest BCUT2D eigenvalue weighted by Crippen LogP contribution is -2.29. The number of nitrogens with two attached hydrogens (primary N) is 1. The van der Waals surface area contributed by atoms with Crippen LogP contribution in [0.25, 0.3) is 10.9 Å². The van der Waals surface area contributed by atoms with E-state index in [2.05, 4.69) is 16.2 Å². The second-order valence-corrected chi connectivity index (χ2v) is 4.64. The van der Waals surface area contributed by atoms with Crippen molar-refractivity contribution in [3.8, 4) is 12.3 Å². The molecule has 1 unspecified atom stereocenters. The molecule has 0 bridgehead atoms. The molecule has 0 aliphatic rings. The first-order chi connectivity index (χ1) is 9.27. The third kappa shape index (κ3) is 3.05. The summed E-state index contributed by atoms with van der Waals surface area (Å²) in [6.45, 7) is 1.22. The van der Waals surface area contributed by atoms with Gasteiger partial charge in [0, 0.05) is 42.2 Å². The maximum atomic E-state index is 6.19. The first kappa shape index (κ1) is 13.8. The van der Waals surface area contributed by atoms with Gasteiger partial charge in [-0.1, -0.05) is 17.7 Å². The number of rotatable bonds is 5. The Bertz CT molecular complexity index is 604. The van der Waals surface area contributed by atoms with Gasteiger partial charge in [-0.3, -0.25) is 4.98 Å². The third-order valence-electron chi connectivity index (χ3n) is 3.02. The van der Waals surface area contributed by atoms with Gasteiger partial charge in [-0.25, -0.2) is 0 Å². The number of halogens is 1. The van der Waals surface area contributed by atoms with Crippen molar-refractivity contribution in [3.63, 3.8) is 0 Å². The van der Waals surface area contributed by atoms with Crippen molar-refractivity contribution in [3.05, 3.63) is 41.0 Å². The molecule has 0 aliphatic carbocycles. The lowest BCUT2D eigenvalue weighted by molar-refractivity contribution is 0.553. The minimum absolute atomic E-state index is 0.0306. The van der Waals surface area contributed by atoms with Crippen molar-refractivity contribution in [2.75, 3.05) is 13.1 Å². The van der Waals surface area contributed by atoms with E-state index in [1.807, 2.05) is 24.3 Å². The smallest absolute Gasteiger partial charge is 0.0765 e. The molecule has 0 saturated carbocycles. The summed E-state index contributed by atoms with van der Waals surface area (Å²) in [5, 5.41) is 4.99. The van der Waals surface area contributed by atoms with Gasteiger partial charge >= 0.3 is 0 Å². The Kier molecular flexibility index (Phi) is 4.75. The fraction of sp³-hybridized carbons (Fsp3) is 0.267. The van der Waals surface area contributed by atoms with Crippen molar-refractivity contribution in [1.29, 1.82) is 0 Å². The number of aromatic nitrogens is 1. The zero-order chi connectivity index (χ0) is 13.7. The average molecular weight is 274 g/mol. The Balaban J connectivity index is 2.38. The van der Waals surface area contributed by atoms with E-state index in [4.69, 9.17) is 23.8 Å². The summed E-state index contributed by atoms with van der Waals surface area (Å²) in [7, 11) is 0. The third-order valence-corrected chi connectivity index (χ3v) is 3.35. The van der Waals surface area contributed by atoms with Crippen molar-refractivity contribution in [1.82, 2.24) is 10.3 Å². The van der Waals surface area contributed by atoms with E-state index in [0.29, 0.717) is 18.0 Å². The molecule has 98 valence electrons. The van der Waals surface area contributed by atoms with Crippen LogP contribution in [0.15, 0.2) is 30.5 Å². The van der Waals surface area contributed by atoms with Gasteiger partial charge in [0.25, 0.3) is 0 Å². The monoisotopic (exact) mass is 273 g/mol. The van der Waals surface area contributed by atoms with E-state index in [1.54, 1.807) is 6.20 Å². The summed E-state index contributed by atoms with van der Waals surface area (Å²) < 4.78 is 0. The molecule has 1 aromatic heterocycles. The highest BCUT2D eigenvalue weighted by Crippen LogP contribution is 2.28. The molecule has 3 N–H and O–H groups in total. The summed E-state index contributed by atoms with van der Waals surface area (Å²) in [4.78, 5) is 4.42. The number of pyridine rings is 1. The first-order valence-corrected chi connectivity index (χ1v) is 6.55.